The van der Waals surface area contributed by atoms with Gasteiger partial charge in [0, 0.05) is 46.3 Å². The van der Waals surface area contributed by atoms with E-state index in [0.717, 1.165) is 70.3 Å². The van der Waals surface area contributed by atoms with Crippen LogP contribution in [0.2, 0.25) is 0 Å². The largest absolute Gasteiger partial charge is 0.367 e. The van der Waals surface area contributed by atoms with Crippen LogP contribution >= 0.6 is 24.0 Å². The van der Waals surface area contributed by atoms with Gasteiger partial charge in [-0.1, -0.05) is 25.5 Å². The number of nitrogens with zero attached hydrogens (tertiary/aromatic N) is 3. The van der Waals surface area contributed by atoms with Crippen LogP contribution in [0.15, 0.2) is 29.3 Å². The Morgan fingerprint density at radius 1 is 1.08 bits per heavy atom. The number of piperazine rings is 1. The van der Waals surface area contributed by atoms with E-state index in [4.69, 9.17) is 0 Å². The highest BCUT2D eigenvalue weighted by atomic mass is 127. The van der Waals surface area contributed by atoms with Gasteiger partial charge in [0.05, 0.1) is 5.69 Å². The van der Waals surface area contributed by atoms with Crippen LogP contribution < -0.4 is 15.5 Å². The van der Waals surface area contributed by atoms with E-state index in [9.17, 15) is 4.39 Å². The summed E-state index contributed by atoms with van der Waals surface area (Å²) in [7, 11) is 1.81. The van der Waals surface area contributed by atoms with E-state index in [0.29, 0.717) is 0 Å². The standard InChI is InChI=1S/C19H32FN5.HI/c1-3-4-10-22-19(21-2)23-11-7-12-24-13-15-25(16-14-24)18-9-6-5-8-17(18)20;/h5-6,8-9H,3-4,7,10-16H2,1-2H3,(H2,21,22,23);1H. The molecule has 7 heteroatoms. The number of aliphatic imine (C=N–C) groups is 1. The van der Waals surface area contributed by atoms with Gasteiger partial charge in [0.25, 0.3) is 0 Å². The van der Waals surface area contributed by atoms with Crippen LogP contribution in [0.5, 0.6) is 0 Å². The van der Waals surface area contributed by atoms with Crippen molar-refractivity contribution in [2.75, 3.05) is 57.8 Å². The van der Waals surface area contributed by atoms with Crippen molar-refractivity contribution in [1.29, 1.82) is 0 Å². The maximum absolute atomic E-state index is 13.9. The van der Waals surface area contributed by atoms with Crippen molar-refractivity contribution in [3.63, 3.8) is 0 Å². The Kier molecular flexibility index (Phi) is 11.6. The third-order valence-electron chi connectivity index (χ3n) is 4.56. The highest BCUT2D eigenvalue weighted by Crippen LogP contribution is 2.20. The number of nitrogens with one attached hydrogen (secondary N) is 2. The van der Waals surface area contributed by atoms with Gasteiger partial charge >= 0.3 is 0 Å². The molecule has 148 valence electrons. The molecule has 5 nitrogen and oxygen atoms in total. The molecule has 1 aromatic carbocycles. The molecule has 1 fully saturated rings. The van der Waals surface area contributed by atoms with Crippen molar-refractivity contribution >= 4 is 35.6 Å². The van der Waals surface area contributed by atoms with Gasteiger partial charge in [-0.25, -0.2) is 4.39 Å². The SMILES string of the molecule is CCCCNC(=NC)NCCCN1CCN(c2ccccc2F)CC1.I. The van der Waals surface area contributed by atoms with E-state index < -0.39 is 0 Å². The van der Waals surface area contributed by atoms with E-state index in [1.54, 1.807) is 6.07 Å². The smallest absolute Gasteiger partial charge is 0.190 e. The molecule has 0 atom stereocenters. The zero-order valence-electron chi connectivity index (χ0n) is 16.0. The Hall–Kier alpha value is -1.09. The summed E-state index contributed by atoms with van der Waals surface area (Å²) in [6.45, 7) is 8.86. The second-order valence-electron chi connectivity index (χ2n) is 6.41. The number of hydrogen-bond donors (Lipinski definition) is 2. The summed E-state index contributed by atoms with van der Waals surface area (Å²) in [4.78, 5) is 8.83. The number of guanidine groups is 1. The maximum atomic E-state index is 13.9. The minimum Gasteiger partial charge on any atom is -0.367 e. The molecule has 0 bridgehead atoms. The highest BCUT2D eigenvalue weighted by Gasteiger charge is 2.18. The molecule has 1 aliphatic rings. The zero-order valence-corrected chi connectivity index (χ0v) is 18.3. The molecule has 0 spiro atoms. The van der Waals surface area contributed by atoms with Crippen LogP contribution in [0.25, 0.3) is 0 Å². The fraction of sp³-hybridized carbons (Fsp3) is 0.632. The van der Waals surface area contributed by atoms with Crippen molar-refractivity contribution in [1.82, 2.24) is 15.5 Å². The van der Waals surface area contributed by atoms with Crippen molar-refractivity contribution in [3.05, 3.63) is 30.1 Å². The van der Waals surface area contributed by atoms with Gasteiger partial charge in [0.1, 0.15) is 5.82 Å². The lowest BCUT2D eigenvalue weighted by Gasteiger charge is -2.36. The molecule has 0 aliphatic carbocycles. The van der Waals surface area contributed by atoms with E-state index in [1.807, 2.05) is 19.2 Å². The maximum Gasteiger partial charge on any atom is 0.190 e. The molecular weight excluding hydrogens is 444 g/mol. The lowest BCUT2D eigenvalue weighted by molar-refractivity contribution is 0.254. The van der Waals surface area contributed by atoms with Gasteiger partial charge < -0.3 is 15.5 Å². The summed E-state index contributed by atoms with van der Waals surface area (Å²) in [6, 6.07) is 7.05. The first-order chi connectivity index (χ1) is 12.2. The Morgan fingerprint density at radius 2 is 1.73 bits per heavy atom. The number of anilines is 1. The summed E-state index contributed by atoms with van der Waals surface area (Å²) in [5.74, 6) is 0.764. The summed E-state index contributed by atoms with van der Waals surface area (Å²) < 4.78 is 13.9. The second kappa shape index (κ2) is 13.1. The van der Waals surface area contributed by atoms with Crippen molar-refractivity contribution in [3.8, 4) is 0 Å². The molecule has 1 aliphatic heterocycles. The van der Waals surface area contributed by atoms with Crippen molar-refractivity contribution in [2.45, 2.75) is 26.2 Å². The van der Waals surface area contributed by atoms with E-state index in [2.05, 4.69) is 32.3 Å². The van der Waals surface area contributed by atoms with Crippen LogP contribution in [0, 0.1) is 5.82 Å². The lowest BCUT2D eigenvalue weighted by Crippen LogP contribution is -2.47. The Balaban J connectivity index is 0.00000338. The van der Waals surface area contributed by atoms with Crippen molar-refractivity contribution in [2.24, 2.45) is 4.99 Å². The number of para-hydroxylation sites is 1. The Bertz CT molecular complexity index is 532. The normalized spacial score (nSPS) is 15.5. The average Bonchev–Trinajstić information content (AvgIpc) is 2.65. The fourth-order valence-corrected chi connectivity index (χ4v) is 3.03. The van der Waals surface area contributed by atoms with Gasteiger partial charge in [-0.3, -0.25) is 9.89 Å². The number of halogens is 2. The quantitative estimate of drug-likeness (QED) is 0.262. The zero-order chi connectivity index (χ0) is 17.9. The number of benzene rings is 1. The van der Waals surface area contributed by atoms with Crippen LogP contribution in [-0.4, -0.2) is 63.7 Å². The lowest BCUT2D eigenvalue weighted by atomic mass is 10.2. The first-order valence-corrected chi connectivity index (χ1v) is 9.41. The summed E-state index contributed by atoms with van der Waals surface area (Å²) in [5.41, 5.74) is 0.728. The number of hydrogen-bond acceptors (Lipinski definition) is 3. The first kappa shape index (κ1) is 23.0. The third kappa shape index (κ3) is 7.65. The van der Waals surface area contributed by atoms with Crippen LogP contribution in [-0.2, 0) is 0 Å². The van der Waals surface area contributed by atoms with E-state index in [1.165, 1.54) is 12.5 Å². The monoisotopic (exact) mass is 477 g/mol. The molecular formula is C19H33FIN5. The van der Waals surface area contributed by atoms with E-state index in [-0.39, 0.29) is 29.8 Å². The summed E-state index contributed by atoms with van der Waals surface area (Å²) in [5, 5.41) is 6.68. The molecule has 1 heterocycles. The van der Waals surface area contributed by atoms with Crippen LogP contribution in [0.1, 0.15) is 26.2 Å². The number of rotatable bonds is 8. The average molecular weight is 477 g/mol. The van der Waals surface area contributed by atoms with Gasteiger partial charge in [-0.15, -0.1) is 24.0 Å². The molecule has 0 saturated carbocycles. The first-order valence-electron chi connectivity index (χ1n) is 9.41. The third-order valence-corrected chi connectivity index (χ3v) is 4.56. The Labute approximate surface area is 174 Å². The molecule has 0 radical (unpaired) electrons. The number of unbranched alkanes of at least 4 members (excludes halogenated alkanes) is 1. The predicted octanol–water partition coefficient (Wildman–Crippen LogP) is 2.92. The van der Waals surface area contributed by atoms with Gasteiger partial charge in [0.2, 0.25) is 0 Å². The predicted molar refractivity (Wildman–Crippen MR) is 119 cm³/mol. The minimum atomic E-state index is -0.123. The molecule has 2 N–H and O–H groups in total. The minimum absolute atomic E-state index is 0. The van der Waals surface area contributed by atoms with Gasteiger partial charge in [0.15, 0.2) is 5.96 Å². The topological polar surface area (TPSA) is 42.9 Å². The summed E-state index contributed by atoms with van der Waals surface area (Å²) >= 11 is 0. The second-order valence-corrected chi connectivity index (χ2v) is 6.41. The van der Waals surface area contributed by atoms with Crippen LogP contribution in [0.4, 0.5) is 10.1 Å². The molecule has 1 aromatic rings. The summed E-state index contributed by atoms with van der Waals surface area (Å²) in [6.07, 6.45) is 3.42. The molecule has 1 saturated heterocycles. The molecule has 26 heavy (non-hydrogen) atoms. The van der Waals surface area contributed by atoms with Crippen LogP contribution in [0.3, 0.4) is 0 Å². The molecule has 0 aromatic heterocycles. The highest BCUT2D eigenvalue weighted by molar-refractivity contribution is 14.0. The van der Waals surface area contributed by atoms with Crippen molar-refractivity contribution < 1.29 is 4.39 Å². The van der Waals surface area contributed by atoms with Gasteiger partial charge in [-0.05, 0) is 31.5 Å². The molecule has 0 unspecified atom stereocenters. The Morgan fingerprint density at radius 3 is 2.35 bits per heavy atom. The fourth-order valence-electron chi connectivity index (χ4n) is 3.03. The van der Waals surface area contributed by atoms with E-state index >= 15 is 0 Å². The molecule has 2 rings (SSSR count). The molecule has 0 amide bonds. The van der Waals surface area contributed by atoms with Gasteiger partial charge in [-0.2, -0.15) is 0 Å².